The first kappa shape index (κ1) is 13.6. The summed E-state index contributed by atoms with van der Waals surface area (Å²) in [6.45, 7) is 5.54. The number of aliphatic carboxylic acids is 1. The van der Waals surface area contributed by atoms with Crippen molar-refractivity contribution >= 4 is 11.9 Å². The summed E-state index contributed by atoms with van der Waals surface area (Å²) >= 11 is 0. The number of morpholine rings is 1. The number of nitrogens with zero attached hydrogens (tertiary/aromatic N) is 1. The molecular weight excluding hydrogens is 258 g/mol. The van der Waals surface area contributed by atoms with Crippen LogP contribution in [0.15, 0.2) is 12.2 Å². The van der Waals surface area contributed by atoms with Gasteiger partial charge in [0.25, 0.3) is 0 Å². The summed E-state index contributed by atoms with van der Waals surface area (Å²) in [5.74, 6) is -1.70. The van der Waals surface area contributed by atoms with Crippen molar-refractivity contribution in [1.29, 1.82) is 0 Å². The topological polar surface area (TPSA) is 66.8 Å². The molecule has 2 bridgehead atoms. The Hall–Kier alpha value is -1.36. The molecule has 2 fully saturated rings. The number of ether oxygens (including phenoxy) is 1. The van der Waals surface area contributed by atoms with E-state index < -0.39 is 17.8 Å². The number of amides is 1. The molecule has 3 aliphatic rings. The van der Waals surface area contributed by atoms with E-state index in [-0.39, 0.29) is 23.3 Å². The lowest BCUT2D eigenvalue weighted by Gasteiger charge is -2.44. The van der Waals surface area contributed by atoms with Crippen LogP contribution in [0.5, 0.6) is 0 Å². The Labute approximate surface area is 118 Å². The third-order valence-corrected chi connectivity index (χ3v) is 4.94. The van der Waals surface area contributed by atoms with Crippen molar-refractivity contribution in [2.24, 2.45) is 23.7 Å². The second-order valence-electron chi connectivity index (χ2n) is 6.69. The van der Waals surface area contributed by atoms with Crippen LogP contribution < -0.4 is 0 Å². The molecule has 110 valence electrons. The number of hydrogen-bond donors (Lipinski definition) is 1. The molecule has 1 saturated carbocycles. The predicted octanol–water partition coefficient (Wildman–Crippen LogP) is 1.15. The molecule has 3 rings (SSSR count). The Balaban J connectivity index is 1.86. The number of carbonyl (C=O) groups excluding carboxylic acids is 1. The van der Waals surface area contributed by atoms with Crippen LogP contribution in [0.3, 0.4) is 0 Å². The largest absolute Gasteiger partial charge is 0.481 e. The highest BCUT2D eigenvalue weighted by atomic mass is 16.5. The Kier molecular flexibility index (Phi) is 3.12. The van der Waals surface area contributed by atoms with Gasteiger partial charge in [0, 0.05) is 6.54 Å². The zero-order valence-electron chi connectivity index (χ0n) is 11.9. The molecule has 2 aliphatic carbocycles. The van der Waals surface area contributed by atoms with Crippen molar-refractivity contribution in [3.05, 3.63) is 12.2 Å². The standard InChI is InChI=1S/C15H21NO4/c1-15(2)8-20-6-5-16(15)13(17)11-9-3-4-10(7-9)12(11)14(18)19/h3-4,9-12H,5-8H2,1-2H3,(H,18,19). The molecule has 5 heteroatoms. The molecule has 1 aliphatic heterocycles. The molecule has 0 radical (unpaired) electrons. The number of fused-ring (bicyclic) bond motifs is 2. The molecule has 0 spiro atoms. The van der Waals surface area contributed by atoms with Crippen LogP contribution in [0, 0.1) is 23.7 Å². The van der Waals surface area contributed by atoms with E-state index in [0.717, 1.165) is 6.42 Å². The van der Waals surface area contributed by atoms with Gasteiger partial charge in [0.15, 0.2) is 0 Å². The highest BCUT2D eigenvalue weighted by Crippen LogP contribution is 2.49. The van der Waals surface area contributed by atoms with E-state index in [1.54, 1.807) is 0 Å². The second kappa shape index (κ2) is 4.58. The fraction of sp³-hybridized carbons (Fsp3) is 0.733. The maximum Gasteiger partial charge on any atom is 0.307 e. The van der Waals surface area contributed by atoms with E-state index in [2.05, 4.69) is 0 Å². The zero-order chi connectivity index (χ0) is 14.5. The van der Waals surface area contributed by atoms with Gasteiger partial charge in [0.2, 0.25) is 5.91 Å². The Morgan fingerprint density at radius 2 is 1.90 bits per heavy atom. The SMILES string of the molecule is CC1(C)COCCN1C(=O)C1C2C=CC(C2)C1C(=O)O. The monoisotopic (exact) mass is 279 g/mol. The smallest absolute Gasteiger partial charge is 0.307 e. The average molecular weight is 279 g/mol. The third kappa shape index (κ3) is 1.95. The molecule has 0 aromatic heterocycles. The first-order valence-electron chi connectivity index (χ1n) is 7.22. The van der Waals surface area contributed by atoms with Crippen LogP contribution in [0.25, 0.3) is 0 Å². The average Bonchev–Trinajstić information content (AvgIpc) is 2.97. The lowest BCUT2D eigenvalue weighted by atomic mass is 9.81. The van der Waals surface area contributed by atoms with E-state index in [1.165, 1.54) is 0 Å². The minimum absolute atomic E-state index is 0.0115. The lowest BCUT2D eigenvalue weighted by molar-refractivity contribution is -0.159. The Bertz CT molecular complexity index is 470. The van der Waals surface area contributed by atoms with Gasteiger partial charge in [0.05, 0.1) is 30.6 Å². The fourth-order valence-corrected chi connectivity index (χ4v) is 3.94. The minimum Gasteiger partial charge on any atom is -0.481 e. The number of carbonyl (C=O) groups is 2. The minimum atomic E-state index is -0.841. The van der Waals surface area contributed by atoms with Gasteiger partial charge in [-0.05, 0) is 32.1 Å². The maximum atomic E-state index is 12.9. The van der Waals surface area contributed by atoms with E-state index in [0.29, 0.717) is 19.8 Å². The number of rotatable bonds is 2. The number of carboxylic acids is 1. The quantitative estimate of drug-likeness (QED) is 0.770. The first-order valence-corrected chi connectivity index (χ1v) is 7.22. The van der Waals surface area contributed by atoms with Gasteiger partial charge in [0.1, 0.15) is 0 Å². The van der Waals surface area contributed by atoms with Crippen molar-refractivity contribution in [2.75, 3.05) is 19.8 Å². The van der Waals surface area contributed by atoms with Crippen LogP contribution in [0.2, 0.25) is 0 Å². The zero-order valence-corrected chi connectivity index (χ0v) is 11.9. The molecule has 0 aromatic rings. The molecule has 1 amide bonds. The molecule has 4 unspecified atom stereocenters. The normalized spacial score (nSPS) is 38.2. The number of allylic oxidation sites excluding steroid dienone is 2. The van der Waals surface area contributed by atoms with E-state index >= 15 is 0 Å². The van der Waals surface area contributed by atoms with Crippen LogP contribution in [-0.4, -0.2) is 47.2 Å². The molecule has 1 heterocycles. The van der Waals surface area contributed by atoms with Gasteiger partial charge < -0.3 is 14.7 Å². The fourth-order valence-electron chi connectivity index (χ4n) is 3.94. The van der Waals surface area contributed by atoms with Gasteiger partial charge in [-0.25, -0.2) is 0 Å². The van der Waals surface area contributed by atoms with Gasteiger partial charge >= 0.3 is 5.97 Å². The predicted molar refractivity (Wildman–Crippen MR) is 72.0 cm³/mol. The summed E-state index contributed by atoms with van der Waals surface area (Å²) < 4.78 is 5.44. The molecule has 1 saturated heterocycles. The van der Waals surface area contributed by atoms with Crippen LogP contribution in [-0.2, 0) is 14.3 Å². The summed E-state index contributed by atoms with van der Waals surface area (Å²) in [6, 6.07) is 0. The molecule has 20 heavy (non-hydrogen) atoms. The van der Waals surface area contributed by atoms with Crippen molar-refractivity contribution in [2.45, 2.75) is 25.8 Å². The number of carboxylic acid groups (broad SMARTS) is 1. The van der Waals surface area contributed by atoms with Gasteiger partial charge in [-0.3, -0.25) is 9.59 Å². The van der Waals surface area contributed by atoms with Crippen molar-refractivity contribution < 1.29 is 19.4 Å². The summed E-state index contributed by atoms with van der Waals surface area (Å²) in [5.41, 5.74) is -0.357. The summed E-state index contributed by atoms with van der Waals surface area (Å²) in [7, 11) is 0. The number of hydrogen-bond acceptors (Lipinski definition) is 3. The van der Waals surface area contributed by atoms with Gasteiger partial charge in [-0.2, -0.15) is 0 Å². The van der Waals surface area contributed by atoms with Crippen molar-refractivity contribution in [3.8, 4) is 0 Å². The summed E-state index contributed by atoms with van der Waals surface area (Å²) in [6.07, 6.45) is 4.80. The molecular formula is C15H21NO4. The van der Waals surface area contributed by atoms with Crippen molar-refractivity contribution in [1.82, 2.24) is 4.90 Å². The van der Waals surface area contributed by atoms with Crippen LogP contribution in [0.1, 0.15) is 20.3 Å². The van der Waals surface area contributed by atoms with Crippen molar-refractivity contribution in [3.63, 3.8) is 0 Å². The summed E-state index contributed by atoms with van der Waals surface area (Å²) in [4.78, 5) is 26.2. The van der Waals surface area contributed by atoms with Gasteiger partial charge in [-0.1, -0.05) is 12.2 Å². The van der Waals surface area contributed by atoms with Crippen LogP contribution >= 0.6 is 0 Å². The third-order valence-electron chi connectivity index (χ3n) is 4.94. The Morgan fingerprint density at radius 3 is 2.50 bits per heavy atom. The van der Waals surface area contributed by atoms with Gasteiger partial charge in [-0.15, -0.1) is 0 Å². The van der Waals surface area contributed by atoms with Crippen LogP contribution in [0.4, 0.5) is 0 Å². The lowest BCUT2D eigenvalue weighted by Crippen LogP contribution is -2.58. The molecule has 4 atom stereocenters. The first-order chi connectivity index (χ1) is 9.42. The molecule has 1 N–H and O–H groups in total. The Morgan fingerprint density at radius 1 is 1.25 bits per heavy atom. The van der Waals surface area contributed by atoms with E-state index in [1.807, 2.05) is 30.9 Å². The second-order valence-corrected chi connectivity index (χ2v) is 6.69. The highest BCUT2D eigenvalue weighted by Gasteiger charge is 2.54. The maximum absolute atomic E-state index is 12.9. The van der Waals surface area contributed by atoms with E-state index in [4.69, 9.17) is 4.74 Å². The highest BCUT2D eigenvalue weighted by molar-refractivity contribution is 5.87. The molecule has 5 nitrogen and oxygen atoms in total. The van der Waals surface area contributed by atoms with E-state index in [9.17, 15) is 14.7 Å². The molecule has 0 aromatic carbocycles. The summed E-state index contributed by atoms with van der Waals surface area (Å²) in [5, 5.41) is 9.45.